The van der Waals surface area contributed by atoms with E-state index in [0.29, 0.717) is 0 Å². The Hall–Kier alpha value is -2.17. The summed E-state index contributed by atoms with van der Waals surface area (Å²) >= 11 is 0. The van der Waals surface area contributed by atoms with Gasteiger partial charge in [0.05, 0.1) is 0 Å². The van der Waals surface area contributed by atoms with Gasteiger partial charge in [-0.2, -0.15) is 0 Å². The third kappa shape index (κ3) is 5.26. The molecule has 0 aromatic heterocycles. The van der Waals surface area contributed by atoms with E-state index < -0.39 is 0 Å². The molecule has 2 saturated heterocycles. The number of piperidine rings is 1. The van der Waals surface area contributed by atoms with Gasteiger partial charge in [-0.05, 0) is 69.1 Å². The number of likely N-dealkylation sites (tertiary alicyclic amines) is 1. The monoisotopic (exact) mass is 391 g/mol. The Kier molecular flexibility index (Phi) is 6.63. The maximum atomic E-state index is 11.5. The molecule has 0 aliphatic carbocycles. The van der Waals surface area contributed by atoms with Crippen LogP contribution in [0.3, 0.4) is 0 Å². The van der Waals surface area contributed by atoms with E-state index in [1.807, 2.05) is 12.1 Å². The van der Waals surface area contributed by atoms with Gasteiger partial charge in [0.15, 0.2) is 5.78 Å². The van der Waals surface area contributed by atoms with Gasteiger partial charge in [-0.25, -0.2) is 0 Å². The highest BCUT2D eigenvalue weighted by molar-refractivity contribution is 5.94. The quantitative estimate of drug-likeness (QED) is 0.702. The number of anilines is 1. The highest BCUT2D eigenvalue weighted by Crippen LogP contribution is 2.22. The standard InChI is InChI=1S/C25H33N3O/c1-21(29)23-7-9-24(10-8-23)27-17-19-28(20-18-27)25-12-15-26(16-13-25)14-11-22-5-3-2-4-6-22/h2-10,25H,11-20H2,1H3. The number of piperazine rings is 1. The lowest BCUT2D eigenvalue weighted by atomic mass is 10.0. The van der Waals surface area contributed by atoms with Crippen molar-refractivity contribution >= 4 is 11.5 Å². The Morgan fingerprint density at radius 2 is 1.52 bits per heavy atom. The summed E-state index contributed by atoms with van der Waals surface area (Å²) in [6, 6.07) is 19.7. The van der Waals surface area contributed by atoms with Crippen LogP contribution in [0.2, 0.25) is 0 Å². The first-order chi connectivity index (χ1) is 14.2. The number of hydrogen-bond donors (Lipinski definition) is 0. The van der Waals surface area contributed by atoms with Gasteiger partial charge in [0.1, 0.15) is 0 Å². The first kappa shape index (κ1) is 20.1. The summed E-state index contributed by atoms with van der Waals surface area (Å²) in [5.41, 5.74) is 3.49. The van der Waals surface area contributed by atoms with Gasteiger partial charge in [0.2, 0.25) is 0 Å². The molecule has 2 aromatic carbocycles. The topological polar surface area (TPSA) is 26.8 Å². The lowest BCUT2D eigenvalue weighted by Gasteiger charge is -2.43. The number of ketones is 1. The molecule has 4 heteroatoms. The van der Waals surface area contributed by atoms with Crippen LogP contribution in [0, 0.1) is 0 Å². The fraction of sp³-hybridized carbons (Fsp3) is 0.480. The van der Waals surface area contributed by atoms with Crippen LogP contribution in [-0.2, 0) is 6.42 Å². The average molecular weight is 392 g/mol. The minimum absolute atomic E-state index is 0.136. The van der Waals surface area contributed by atoms with Crippen molar-refractivity contribution in [3.63, 3.8) is 0 Å². The Balaban J connectivity index is 1.20. The third-order valence-electron chi connectivity index (χ3n) is 6.59. The Bertz CT molecular complexity index is 773. The van der Waals surface area contributed by atoms with Gasteiger partial charge in [-0.3, -0.25) is 9.69 Å². The van der Waals surface area contributed by atoms with Crippen molar-refractivity contribution in [2.75, 3.05) is 50.7 Å². The van der Waals surface area contributed by atoms with E-state index in [9.17, 15) is 4.79 Å². The van der Waals surface area contributed by atoms with Crippen LogP contribution in [0.15, 0.2) is 54.6 Å². The van der Waals surface area contributed by atoms with E-state index >= 15 is 0 Å². The maximum Gasteiger partial charge on any atom is 0.159 e. The van der Waals surface area contributed by atoms with E-state index in [2.05, 4.69) is 57.2 Å². The van der Waals surface area contributed by atoms with Crippen molar-refractivity contribution in [3.8, 4) is 0 Å². The molecule has 2 aliphatic heterocycles. The molecule has 0 amide bonds. The molecule has 2 heterocycles. The predicted molar refractivity (Wildman–Crippen MR) is 120 cm³/mol. The van der Waals surface area contributed by atoms with Crippen LogP contribution < -0.4 is 4.90 Å². The normalized spacial score (nSPS) is 19.4. The average Bonchev–Trinajstić information content (AvgIpc) is 2.79. The van der Waals surface area contributed by atoms with Crippen LogP contribution in [0.4, 0.5) is 5.69 Å². The van der Waals surface area contributed by atoms with E-state index in [4.69, 9.17) is 0 Å². The Morgan fingerprint density at radius 1 is 0.862 bits per heavy atom. The third-order valence-corrected chi connectivity index (χ3v) is 6.59. The lowest BCUT2D eigenvalue weighted by Crippen LogP contribution is -2.53. The van der Waals surface area contributed by atoms with Crippen molar-refractivity contribution in [2.45, 2.75) is 32.2 Å². The zero-order valence-electron chi connectivity index (χ0n) is 17.6. The highest BCUT2D eigenvalue weighted by atomic mass is 16.1. The Labute approximate surface area is 175 Å². The lowest BCUT2D eigenvalue weighted by molar-refractivity contribution is 0.101. The van der Waals surface area contributed by atoms with Gasteiger partial charge >= 0.3 is 0 Å². The Morgan fingerprint density at radius 3 is 2.14 bits per heavy atom. The molecular formula is C25H33N3O. The van der Waals surface area contributed by atoms with E-state index in [0.717, 1.165) is 44.2 Å². The largest absolute Gasteiger partial charge is 0.369 e. The molecule has 29 heavy (non-hydrogen) atoms. The second kappa shape index (κ2) is 9.55. The van der Waals surface area contributed by atoms with Crippen LogP contribution in [0.25, 0.3) is 0 Å². The fourth-order valence-electron chi connectivity index (χ4n) is 4.69. The van der Waals surface area contributed by atoms with Crippen molar-refractivity contribution in [1.29, 1.82) is 0 Å². The van der Waals surface area contributed by atoms with Gasteiger partial charge in [-0.15, -0.1) is 0 Å². The summed E-state index contributed by atoms with van der Waals surface area (Å²) in [6.45, 7) is 9.70. The summed E-state index contributed by atoms with van der Waals surface area (Å²) in [5, 5.41) is 0. The highest BCUT2D eigenvalue weighted by Gasteiger charge is 2.27. The summed E-state index contributed by atoms with van der Waals surface area (Å²) in [6.07, 6.45) is 3.75. The number of Topliss-reactive ketones (excluding diaryl/α,β-unsaturated/α-hetero) is 1. The van der Waals surface area contributed by atoms with Gasteiger partial charge in [0.25, 0.3) is 0 Å². The van der Waals surface area contributed by atoms with Crippen molar-refractivity contribution in [3.05, 3.63) is 65.7 Å². The van der Waals surface area contributed by atoms with Gasteiger partial charge < -0.3 is 9.80 Å². The molecule has 0 atom stereocenters. The van der Waals surface area contributed by atoms with Crippen molar-refractivity contribution < 1.29 is 4.79 Å². The molecule has 2 aliphatic rings. The van der Waals surface area contributed by atoms with Crippen molar-refractivity contribution in [2.24, 2.45) is 0 Å². The number of nitrogens with zero attached hydrogens (tertiary/aromatic N) is 3. The molecule has 0 spiro atoms. The van der Waals surface area contributed by atoms with Gasteiger partial charge in [0, 0.05) is 50.0 Å². The SMILES string of the molecule is CC(=O)c1ccc(N2CCN(C3CCN(CCc4ccccc4)CC3)CC2)cc1. The van der Waals surface area contributed by atoms with E-state index in [-0.39, 0.29) is 5.78 Å². The molecule has 0 unspecified atom stereocenters. The summed E-state index contributed by atoms with van der Waals surface area (Å²) in [4.78, 5) is 19.3. The minimum Gasteiger partial charge on any atom is -0.369 e. The molecule has 4 rings (SSSR count). The molecule has 0 saturated carbocycles. The zero-order chi connectivity index (χ0) is 20.1. The first-order valence-electron chi connectivity index (χ1n) is 11.1. The van der Waals surface area contributed by atoms with E-state index in [1.165, 1.54) is 43.7 Å². The molecular weight excluding hydrogens is 358 g/mol. The number of hydrogen-bond acceptors (Lipinski definition) is 4. The smallest absolute Gasteiger partial charge is 0.159 e. The molecule has 0 bridgehead atoms. The summed E-state index contributed by atoms with van der Waals surface area (Å²) in [5.74, 6) is 0.136. The molecule has 154 valence electrons. The molecule has 2 fully saturated rings. The summed E-state index contributed by atoms with van der Waals surface area (Å²) in [7, 11) is 0. The van der Waals surface area contributed by atoms with Crippen molar-refractivity contribution in [1.82, 2.24) is 9.80 Å². The predicted octanol–water partition coefficient (Wildman–Crippen LogP) is 3.72. The van der Waals surface area contributed by atoms with Crippen LogP contribution >= 0.6 is 0 Å². The molecule has 0 radical (unpaired) electrons. The number of benzene rings is 2. The first-order valence-corrected chi connectivity index (χ1v) is 11.1. The number of rotatable bonds is 6. The fourth-order valence-corrected chi connectivity index (χ4v) is 4.69. The molecule has 0 N–H and O–H groups in total. The maximum absolute atomic E-state index is 11.5. The summed E-state index contributed by atoms with van der Waals surface area (Å²) < 4.78 is 0. The van der Waals surface area contributed by atoms with Crippen LogP contribution in [0.1, 0.15) is 35.7 Å². The second-order valence-corrected chi connectivity index (χ2v) is 8.43. The van der Waals surface area contributed by atoms with Crippen LogP contribution in [-0.4, -0.2) is 67.4 Å². The van der Waals surface area contributed by atoms with E-state index in [1.54, 1.807) is 6.92 Å². The van der Waals surface area contributed by atoms with Gasteiger partial charge in [-0.1, -0.05) is 30.3 Å². The molecule has 4 nitrogen and oxygen atoms in total. The zero-order valence-corrected chi connectivity index (χ0v) is 17.6. The minimum atomic E-state index is 0.136. The molecule has 2 aromatic rings. The number of carbonyl (C=O) groups excluding carboxylic acids is 1. The number of carbonyl (C=O) groups is 1. The van der Waals surface area contributed by atoms with Crippen LogP contribution in [0.5, 0.6) is 0 Å². The second-order valence-electron chi connectivity index (χ2n) is 8.43.